The molecule has 5 nitrogen and oxygen atoms in total. The van der Waals surface area contributed by atoms with Gasteiger partial charge in [-0.25, -0.2) is 0 Å². The fourth-order valence-corrected chi connectivity index (χ4v) is 2.72. The SMILES string of the molecule is CCc1nnc(NC2CCN(C(C)=O)CC2)s1. The van der Waals surface area contributed by atoms with E-state index in [1.54, 1.807) is 18.3 Å². The number of hydrogen-bond acceptors (Lipinski definition) is 5. The first kappa shape index (κ1) is 12.3. The topological polar surface area (TPSA) is 58.1 Å². The zero-order valence-corrected chi connectivity index (χ0v) is 11.1. The third-order valence-electron chi connectivity index (χ3n) is 3.04. The molecule has 0 aliphatic carbocycles. The Labute approximate surface area is 105 Å². The lowest BCUT2D eigenvalue weighted by Gasteiger charge is -2.31. The van der Waals surface area contributed by atoms with E-state index in [4.69, 9.17) is 0 Å². The Morgan fingerprint density at radius 3 is 2.71 bits per heavy atom. The first-order chi connectivity index (χ1) is 8.19. The molecule has 6 heteroatoms. The van der Waals surface area contributed by atoms with Crippen molar-refractivity contribution in [3.63, 3.8) is 0 Å². The quantitative estimate of drug-likeness (QED) is 0.888. The van der Waals surface area contributed by atoms with Crippen LogP contribution in [0.1, 0.15) is 31.7 Å². The summed E-state index contributed by atoms with van der Waals surface area (Å²) < 4.78 is 0. The minimum absolute atomic E-state index is 0.174. The van der Waals surface area contributed by atoms with Gasteiger partial charge in [-0.15, -0.1) is 10.2 Å². The molecule has 17 heavy (non-hydrogen) atoms. The van der Waals surface area contributed by atoms with Gasteiger partial charge in [0.15, 0.2) is 0 Å². The normalized spacial score (nSPS) is 17.2. The van der Waals surface area contributed by atoms with Crippen LogP contribution in [0.25, 0.3) is 0 Å². The van der Waals surface area contributed by atoms with E-state index in [1.165, 1.54) is 0 Å². The van der Waals surface area contributed by atoms with Gasteiger partial charge in [-0.1, -0.05) is 18.3 Å². The predicted octanol–water partition coefficient (Wildman–Crippen LogP) is 1.52. The van der Waals surface area contributed by atoms with Crippen molar-refractivity contribution >= 4 is 22.4 Å². The average Bonchev–Trinajstić information content (AvgIpc) is 2.77. The molecule has 94 valence electrons. The summed E-state index contributed by atoms with van der Waals surface area (Å²) in [6.07, 6.45) is 2.91. The Morgan fingerprint density at radius 2 is 2.18 bits per heavy atom. The summed E-state index contributed by atoms with van der Waals surface area (Å²) in [5.74, 6) is 0.174. The van der Waals surface area contributed by atoms with Gasteiger partial charge in [0.25, 0.3) is 0 Å². The van der Waals surface area contributed by atoms with Crippen LogP contribution in [0.2, 0.25) is 0 Å². The second-order valence-corrected chi connectivity index (χ2v) is 5.34. The molecule has 0 aromatic carbocycles. The van der Waals surface area contributed by atoms with E-state index < -0.39 is 0 Å². The number of rotatable bonds is 3. The first-order valence-electron chi connectivity index (χ1n) is 6.03. The first-order valence-corrected chi connectivity index (χ1v) is 6.85. The molecule has 0 saturated carbocycles. The molecular formula is C11H18N4OS. The zero-order valence-electron chi connectivity index (χ0n) is 10.3. The van der Waals surface area contributed by atoms with E-state index in [2.05, 4.69) is 22.4 Å². The van der Waals surface area contributed by atoms with Crippen LogP contribution < -0.4 is 5.32 Å². The molecular weight excluding hydrogens is 236 g/mol. The van der Waals surface area contributed by atoms with Crippen molar-refractivity contribution in [1.29, 1.82) is 0 Å². The van der Waals surface area contributed by atoms with Gasteiger partial charge in [-0.3, -0.25) is 4.79 Å². The van der Waals surface area contributed by atoms with E-state index in [0.717, 1.165) is 42.5 Å². The highest BCUT2D eigenvalue weighted by Gasteiger charge is 2.21. The average molecular weight is 254 g/mol. The van der Waals surface area contributed by atoms with Crippen LogP contribution in [0.5, 0.6) is 0 Å². The van der Waals surface area contributed by atoms with E-state index in [9.17, 15) is 4.79 Å². The predicted molar refractivity (Wildman–Crippen MR) is 68.2 cm³/mol. The molecule has 1 saturated heterocycles. The lowest BCUT2D eigenvalue weighted by Crippen LogP contribution is -2.41. The number of aromatic nitrogens is 2. The van der Waals surface area contributed by atoms with Crippen molar-refractivity contribution in [3.8, 4) is 0 Å². The summed E-state index contributed by atoms with van der Waals surface area (Å²) >= 11 is 1.62. The number of nitrogens with zero attached hydrogens (tertiary/aromatic N) is 3. The molecule has 1 fully saturated rings. The highest BCUT2D eigenvalue weighted by atomic mass is 32.1. The molecule has 1 N–H and O–H groups in total. The van der Waals surface area contributed by atoms with Gasteiger partial charge in [0.2, 0.25) is 11.0 Å². The molecule has 1 aromatic heterocycles. The Kier molecular flexibility index (Phi) is 3.93. The number of piperidine rings is 1. The molecule has 1 aromatic rings. The largest absolute Gasteiger partial charge is 0.357 e. The molecule has 1 aliphatic rings. The highest BCUT2D eigenvalue weighted by molar-refractivity contribution is 7.15. The van der Waals surface area contributed by atoms with Crippen molar-refractivity contribution in [1.82, 2.24) is 15.1 Å². The van der Waals surface area contributed by atoms with Gasteiger partial charge in [0, 0.05) is 26.1 Å². The van der Waals surface area contributed by atoms with Gasteiger partial charge < -0.3 is 10.2 Å². The number of carbonyl (C=O) groups is 1. The van der Waals surface area contributed by atoms with E-state index in [1.807, 2.05) is 4.90 Å². The van der Waals surface area contributed by atoms with Gasteiger partial charge in [-0.05, 0) is 19.3 Å². The third kappa shape index (κ3) is 3.15. The Bertz CT molecular complexity index is 385. The van der Waals surface area contributed by atoms with Crippen LogP contribution in [0, 0.1) is 0 Å². The summed E-state index contributed by atoms with van der Waals surface area (Å²) in [5, 5.41) is 13.6. The second kappa shape index (κ2) is 5.44. The van der Waals surface area contributed by atoms with Crippen molar-refractivity contribution in [2.75, 3.05) is 18.4 Å². The maximum Gasteiger partial charge on any atom is 0.219 e. The fourth-order valence-electron chi connectivity index (χ4n) is 1.97. The van der Waals surface area contributed by atoms with Crippen LogP contribution in [0.3, 0.4) is 0 Å². The molecule has 0 radical (unpaired) electrons. The zero-order chi connectivity index (χ0) is 12.3. The van der Waals surface area contributed by atoms with Crippen molar-refractivity contribution in [2.24, 2.45) is 0 Å². The summed E-state index contributed by atoms with van der Waals surface area (Å²) in [5.41, 5.74) is 0. The molecule has 1 amide bonds. The van der Waals surface area contributed by atoms with Gasteiger partial charge in [0.05, 0.1) is 0 Å². The summed E-state index contributed by atoms with van der Waals surface area (Å²) in [6.45, 7) is 5.39. The Morgan fingerprint density at radius 1 is 1.47 bits per heavy atom. The van der Waals surface area contributed by atoms with E-state index in [-0.39, 0.29) is 5.91 Å². The van der Waals surface area contributed by atoms with Crippen LogP contribution >= 0.6 is 11.3 Å². The van der Waals surface area contributed by atoms with Gasteiger partial charge in [0.1, 0.15) is 5.01 Å². The number of anilines is 1. The van der Waals surface area contributed by atoms with E-state index in [0.29, 0.717) is 6.04 Å². The van der Waals surface area contributed by atoms with Crippen LogP contribution in [0.15, 0.2) is 0 Å². The lowest BCUT2D eigenvalue weighted by atomic mass is 10.1. The maximum absolute atomic E-state index is 11.2. The lowest BCUT2D eigenvalue weighted by molar-refractivity contribution is -0.129. The highest BCUT2D eigenvalue weighted by Crippen LogP contribution is 2.20. The van der Waals surface area contributed by atoms with Crippen molar-refractivity contribution in [3.05, 3.63) is 5.01 Å². The van der Waals surface area contributed by atoms with Crippen molar-refractivity contribution < 1.29 is 4.79 Å². The summed E-state index contributed by atoms with van der Waals surface area (Å²) in [7, 11) is 0. The van der Waals surface area contributed by atoms with Crippen molar-refractivity contribution in [2.45, 2.75) is 39.2 Å². The minimum atomic E-state index is 0.174. The number of amides is 1. The molecule has 0 atom stereocenters. The van der Waals surface area contributed by atoms with Crippen LogP contribution in [-0.4, -0.2) is 40.1 Å². The molecule has 2 heterocycles. The molecule has 0 bridgehead atoms. The maximum atomic E-state index is 11.2. The van der Waals surface area contributed by atoms with Crippen LogP contribution in [0.4, 0.5) is 5.13 Å². The molecule has 1 aliphatic heterocycles. The Hall–Kier alpha value is -1.17. The summed E-state index contributed by atoms with van der Waals surface area (Å²) in [6, 6.07) is 0.420. The molecule has 0 unspecified atom stereocenters. The number of hydrogen-bond donors (Lipinski definition) is 1. The van der Waals surface area contributed by atoms with Gasteiger partial charge in [-0.2, -0.15) is 0 Å². The molecule has 0 spiro atoms. The standard InChI is InChI=1S/C11H18N4OS/c1-3-10-13-14-11(17-10)12-9-4-6-15(7-5-9)8(2)16/h9H,3-7H2,1-2H3,(H,12,14). The Balaban J connectivity index is 1.83. The number of aryl methyl sites for hydroxylation is 1. The van der Waals surface area contributed by atoms with Gasteiger partial charge >= 0.3 is 0 Å². The molecule has 2 rings (SSSR count). The smallest absolute Gasteiger partial charge is 0.219 e. The minimum Gasteiger partial charge on any atom is -0.357 e. The number of nitrogens with one attached hydrogen (secondary N) is 1. The fraction of sp³-hybridized carbons (Fsp3) is 0.727. The number of likely N-dealkylation sites (tertiary alicyclic amines) is 1. The van der Waals surface area contributed by atoms with Crippen LogP contribution in [-0.2, 0) is 11.2 Å². The monoisotopic (exact) mass is 254 g/mol. The van der Waals surface area contributed by atoms with E-state index >= 15 is 0 Å². The second-order valence-electron chi connectivity index (χ2n) is 4.28. The summed E-state index contributed by atoms with van der Waals surface area (Å²) in [4.78, 5) is 13.1. The third-order valence-corrected chi connectivity index (χ3v) is 4.04. The number of carbonyl (C=O) groups excluding carboxylic acids is 1.